The molecule has 2 nitrogen and oxygen atoms in total. The minimum atomic E-state index is 0.694. The predicted molar refractivity (Wildman–Crippen MR) is 87.5 cm³/mol. The van der Waals surface area contributed by atoms with Crippen molar-refractivity contribution in [2.45, 2.75) is 0 Å². The van der Waals surface area contributed by atoms with Gasteiger partial charge in [0, 0.05) is 34.3 Å². The molecule has 0 aliphatic rings. The van der Waals surface area contributed by atoms with Crippen LogP contribution < -0.4 is 0 Å². The molecule has 4 rings (SSSR count). The fourth-order valence-electron chi connectivity index (χ4n) is 2.68. The Labute approximate surface area is 127 Å². The van der Waals surface area contributed by atoms with Crippen LogP contribution in [0, 0.1) is 0 Å². The third-order valence-electron chi connectivity index (χ3n) is 3.63. The predicted octanol–water partition coefficient (Wildman–Crippen LogP) is 5.10. The highest BCUT2D eigenvalue weighted by Crippen LogP contribution is 2.37. The van der Waals surface area contributed by atoms with Gasteiger partial charge in [-0.25, -0.2) is 0 Å². The maximum Gasteiger partial charge on any atom is 0.0796 e. The molecule has 4 aromatic rings. The van der Waals surface area contributed by atoms with Crippen LogP contribution in [0.15, 0.2) is 67.0 Å². The molecule has 0 radical (unpaired) electrons. The number of rotatable bonds is 1. The zero-order chi connectivity index (χ0) is 14.2. The van der Waals surface area contributed by atoms with E-state index in [0.29, 0.717) is 5.02 Å². The van der Waals surface area contributed by atoms with Crippen molar-refractivity contribution in [2.75, 3.05) is 0 Å². The number of hydrogen-bond donors (Lipinski definition) is 0. The van der Waals surface area contributed by atoms with Gasteiger partial charge >= 0.3 is 0 Å². The Morgan fingerprint density at radius 2 is 1.33 bits per heavy atom. The zero-order valence-corrected chi connectivity index (χ0v) is 11.9. The van der Waals surface area contributed by atoms with Crippen LogP contribution >= 0.6 is 11.6 Å². The Hall–Kier alpha value is -2.45. The Kier molecular flexibility index (Phi) is 2.83. The average Bonchev–Trinajstić information content (AvgIpc) is 2.54. The minimum absolute atomic E-state index is 0.694. The van der Waals surface area contributed by atoms with Gasteiger partial charge in [-0.3, -0.25) is 9.97 Å². The molecule has 0 saturated heterocycles. The maximum absolute atomic E-state index is 6.47. The first-order valence-corrected chi connectivity index (χ1v) is 7.10. The van der Waals surface area contributed by atoms with Gasteiger partial charge in [-0.05, 0) is 18.2 Å². The minimum Gasteiger partial charge on any atom is -0.256 e. The van der Waals surface area contributed by atoms with Gasteiger partial charge in [0.2, 0.25) is 0 Å². The van der Waals surface area contributed by atoms with Crippen LogP contribution in [-0.4, -0.2) is 9.97 Å². The first-order valence-electron chi connectivity index (χ1n) is 6.72. The lowest BCUT2D eigenvalue weighted by atomic mass is 9.99. The SMILES string of the molecule is Clc1ccc2cccnc2c1-c1cccc2cccnc12. The van der Waals surface area contributed by atoms with Crippen LogP contribution in [-0.2, 0) is 0 Å². The van der Waals surface area contributed by atoms with Crippen molar-refractivity contribution < 1.29 is 0 Å². The van der Waals surface area contributed by atoms with Gasteiger partial charge in [0.15, 0.2) is 0 Å². The van der Waals surface area contributed by atoms with E-state index in [-0.39, 0.29) is 0 Å². The summed E-state index contributed by atoms with van der Waals surface area (Å²) in [6.07, 6.45) is 3.60. The summed E-state index contributed by atoms with van der Waals surface area (Å²) >= 11 is 6.47. The van der Waals surface area contributed by atoms with Crippen molar-refractivity contribution in [1.29, 1.82) is 0 Å². The molecule has 100 valence electrons. The number of hydrogen-bond acceptors (Lipinski definition) is 2. The van der Waals surface area contributed by atoms with E-state index in [1.54, 1.807) is 12.4 Å². The Balaban J connectivity index is 2.16. The summed E-state index contributed by atoms with van der Waals surface area (Å²) in [6.45, 7) is 0. The van der Waals surface area contributed by atoms with Gasteiger partial charge in [-0.1, -0.05) is 48.0 Å². The molecule has 0 aliphatic carbocycles. The number of para-hydroxylation sites is 1. The third-order valence-corrected chi connectivity index (χ3v) is 3.94. The van der Waals surface area contributed by atoms with Crippen molar-refractivity contribution in [3.8, 4) is 11.1 Å². The lowest BCUT2D eigenvalue weighted by Gasteiger charge is -2.10. The topological polar surface area (TPSA) is 25.8 Å². The van der Waals surface area contributed by atoms with Crippen molar-refractivity contribution in [3.05, 3.63) is 72.0 Å². The molecule has 21 heavy (non-hydrogen) atoms. The smallest absolute Gasteiger partial charge is 0.0796 e. The van der Waals surface area contributed by atoms with Crippen LogP contribution in [0.4, 0.5) is 0 Å². The molecule has 0 spiro atoms. The van der Waals surface area contributed by atoms with Gasteiger partial charge in [-0.15, -0.1) is 0 Å². The molecular weight excluding hydrogens is 280 g/mol. The summed E-state index contributed by atoms with van der Waals surface area (Å²) in [4.78, 5) is 9.03. The first-order chi connectivity index (χ1) is 10.3. The van der Waals surface area contributed by atoms with Gasteiger partial charge in [0.1, 0.15) is 0 Å². The lowest BCUT2D eigenvalue weighted by molar-refractivity contribution is 1.39. The molecule has 0 N–H and O–H groups in total. The number of benzene rings is 2. The largest absolute Gasteiger partial charge is 0.256 e. The molecule has 2 aromatic carbocycles. The normalized spacial score (nSPS) is 11.1. The van der Waals surface area contributed by atoms with E-state index in [1.165, 1.54) is 0 Å². The molecule has 2 aromatic heterocycles. The summed E-state index contributed by atoms with van der Waals surface area (Å²) in [7, 11) is 0. The van der Waals surface area contributed by atoms with Crippen LogP contribution in [0.3, 0.4) is 0 Å². The molecule has 0 unspecified atom stereocenters. The van der Waals surface area contributed by atoms with Crippen LogP contribution in [0.2, 0.25) is 5.02 Å². The standard InChI is InChI=1S/C18H11ClN2/c19-15-9-8-13-6-3-11-21-18(13)16(15)14-7-1-4-12-5-2-10-20-17(12)14/h1-11H. The van der Waals surface area contributed by atoms with E-state index in [4.69, 9.17) is 11.6 Å². The lowest BCUT2D eigenvalue weighted by Crippen LogP contribution is -1.89. The second kappa shape index (κ2) is 4.83. The highest BCUT2D eigenvalue weighted by Gasteiger charge is 2.13. The summed E-state index contributed by atoms with van der Waals surface area (Å²) in [5.41, 5.74) is 3.81. The number of halogens is 1. The van der Waals surface area contributed by atoms with Crippen molar-refractivity contribution in [3.63, 3.8) is 0 Å². The van der Waals surface area contributed by atoms with Crippen LogP contribution in [0.25, 0.3) is 32.9 Å². The summed E-state index contributed by atoms with van der Waals surface area (Å²) in [5, 5.41) is 2.86. The summed E-state index contributed by atoms with van der Waals surface area (Å²) in [6, 6.07) is 18.0. The molecule has 0 saturated carbocycles. The average molecular weight is 291 g/mol. The second-order valence-electron chi connectivity index (χ2n) is 4.88. The van der Waals surface area contributed by atoms with Crippen molar-refractivity contribution in [2.24, 2.45) is 0 Å². The van der Waals surface area contributed by atoms with Crippen molar-refractivity contribution >= 4 is 33.4 Å². The molecule has 0 aliphatic heterocycles. The van der Waals surface area contributed by atoms with E-state index in [9.17, 15) is 0 Å². The quantitative estimate of drug-likeness (QED) is 0.487. The van der Waals surface area contributed by atoms with Gasteiger partial charge < -0.3 is 0 Å². The molecular formula is C18H11ClN2. The third kappa shape index (κ3) is 1.96. The van der Waals surface area contributed by atoms with E-state index < -0.39 is 0 Å². The molecule has 0 bridgehead atoms. The molecule has 0 fully saturated rings. The van der Waals surface area contributed by atoms with E-state index in [0.717, 1.165) is 32.9 Å². The van der Waals surface area contributed by atoms with Crippen LogP contribution in [0.1, 0.15) is 0 Å². The van der Waals surface area contributed by atoms with Gasteiger partial charge in [0.05, 0.1) is 16.1 Å². The molecule has 0 atom stereocenters. The molecule has 0 amide bonds. The highest BCUT2D eigenvalue weighted by molar-refractivity contribution is 6.35. The van der Waals surface area contributed by atoms with Gasteiger partial charge in [0.25, 0.3) is 0 Å². The van der Waals surface area contributed by atoms with Gasteiger partial charge in [-0.2, -0.15) is 0 Å². The fourth-order valence-corrected chi connectivity index (χ4v) is 2.94. The Morgan fingerprint density at radius 1 is 0.667 bits per heavy atom. The number of pyridine rings is 2. The fraction of sp³-hybridized carbons (Fsp3) is 0. The molecule has 2 heterocycles. The summed E-state index contributed by atoms with van der Waals surface area (Å²) in [5.74, 6) is 0. The van der Waals surface area contributed by atoms with Crippen LogP contribution in [0.5, 0.6) is 0 Å². The first kappa shape index (κ1) is 12.3. The summed E-state index contributed by atoms with van der Waals surface area (Å²) < 4.78 is 0. The van der Waals surface area contributed by atoms with E-state index >= 15 is 0 Å². The number of aromatic nitrogens is 2. The highest BCUT2D eigenvalue weighted by atomic mass is 35.5. The van der Waals surface area contributed by atoms with E-state index in [2.05, 4.69) is 22.1 Å². The molecule has 3 heteroatoms. The number of fused-ring (bicyclic) bond motifs is 2. The van der Waals surface area contributed by atoms with Crippen molar-refractivity contribution in [1.82, 2.24) is 9.97 Å². The maximum atomic E-state index is 6.47. The zero-order valence-electron chi connectivity index (χ0n) is 11.1. The van der Waals surface area contributed by atoms with E-state index in [1.807, 2.05) is 42.5 Å². The second-order valence-corrected chi connectivity index (χ2v) is 5.29. The Bertz CT molecular complexity index is 958. The monoisotopic (exact) mass is 290 g/mol. The number of nitrogens with zero attached hydrogens (tertiary/aromatic N) is 2. The Morgan fingerprint density at radius 3 is 2.14 bits per heavy atom.